The standard InChI is InChI=1S/C19H20N4OS2/c1-12-6-10-25-16(12)19(24)23-8-4-14(5-9-23)18-22-13(2)17(26-18)15-3-7-20-11-21-15/h3,6-7,10-11,14H,4-5,8-9H2,1-2H3. The zero-order chi connectivity index (χ0) is 18.1. The predicted molar refractivity (Wildman–Crippen MR) is 105 cm³/mol. The molecule has 4 heterocycles. The predicted octanol–water partition coefficient (Wildman–Crippen LogP) is 4.30. The number of amides is 1. The summed E-state index contributed by atoms with van der Waals surface area (Å²) < 4.78 is 0. The zero-order valence-electron chi connectivity index (χ0n) is 14.8. The van der Waals surface area contributed by atoms with Crippen LogP contribution in [0.5, 0.6) is 0 Å². The highest BCUT2D eigenvalue weighted by molar-refractivity contribution is 7.15. The van der Waals surface area contributed by atoms with Crippen LogP contribution in [0.2, 0.25) is 0 Å². The average Bonchev–Trinajstić information content (AvgIpc) is 3.28. The van der Waals surface area contributed by atoms with E-state index in [4.69, 9.17) is 4.98 Å². The van der Waals surface area contributed by atoms with Gasteiger partial charge in [0.25, 0.3) is 5.91 Å². The fourth-order valence-corrected chi connectivity index (χ4v) is 5.42. The van der Waals surface area contributed by atoms with Crippen molar-refractivity contribution in [3.05, 3.63) is 51.2 Å². The number of nitrogens with zero attached hydrogens (tertiary/aromatic N) is 4. The van der Waals surface area contributed by atoms with Crippen LogP contribution in [-0.4, -0.2) is 38.8 Å². The molecule has 1 saturated heterocycles. The second-order valence-corrected chi connectivity index (χ2v) is 8.51. The largest absolute Gasteiger partial charge is 0.338 e. The fraction of sp³-hybridized carbons (Fsp3) is 0.368. The van der Waals surface area contributed by atoms with Crippen molar-refractivity contribution in [3.8, 4) is 10.6 Å². The SMILES string of the molecule is Cc1ccsc1C(=O)N1CCC(c2nc(C)c(-c3ccncn3)s2)CC1. The number of rotatable bonds is 3. The maximum absolute atomic E-state index is 12.7. The van der Waals surface area contributed by atoms with E-state index in [0.29, 0.717) is 5.92 Å². The Labute approximate surface area is 160 Å². The van der Waals surface area contributed by atoms with E-state index in [2.05, 4.69) is 9.97 Å². The number of carbonyl (C=O) groups is 1. The lowest BCUT2D eigenvalue weighted by atomic mass is 9.97. The van der Waals surface area contributed by atoms with Crippen LogP contribution in [0.15, 0.2) is 30.0 Å². The minimum absolute atomic E-state index is 0.174. The smallest absolute Gasteiger partial charge is 0.264 e. The molecule has 7 heteroatoms. The number of hydrogen-bond acceptors (Lipinski definition) is 6. The van der Waals surface area contributed by atoms with Crippen molar-refractivity contribution in [2.45, 2.75) is 32.6 Å². The Morgan fingerprint density at radius 3 is 2.69 bits per heavy atom. The number of thiazole rings is 1. The third kappa shape index (κ3) is 3.29. The summed E-state index contributed by atoms with van der Waals surface area (Å²) in [6.07, 6.45) is 5.27. The first-order valence-corrected chi connectivity index (χ1v) is 10.4. The second-order valence-electron chi connectivity index (χ2n) is 6.56. The van der Waals surface area contributed by atoms with Crippen molar-refractivity contribution < 1.29 is 4.79 Å². The summed E-state index contributed by atoms with van der Waals surface area (Å²) in [7, 11) is 0. The maximum Gasteiger partial charge on any atom is 0.264 e. The summed E-state index contributed by atoms with van der Waals surface area (Å²) in [6, 6.07) is 3.94. The van der Waals surface area contributed by atoms with Crippen LogP contribution in [0, 0.1) is 13.8 Å². The van der Waals surface area contributed by atoms with Crippen LogP contribution < -0.4 is 0 Å². The molecule has 0 N–H and O–H groups in total. The summed E-state index contributed by atoms with van der Waals surface area (Å²) in [4.78, 5) is 29.8. The molecule has 0 atom stereocenters. The molecule has 26 heavy (non-hydrogen) atoms. The van der Waals surface area contributed by atoms with E-state index in [0.717, 1.165) is 57.6 Å². The van der Waals surface area contributed by atoms with Crippen LogP contribution in [0.4, 0.5) is 0 Å². The number of likely N-dealkylation sites (tertiary alicyclic amines) is 1. The van der Waals surface area contributed by atoms with Crippen molar-refractivity contribution in [1.82, 2.24) is 19.9 Å². The summed E-state index contributed by atoms with van der Waals surface area (Å²) in [5.74, 6) is 0.593. The van der Waals surface area contributed by atoms with E-state index in [1.165, 1.54) is 11.3 Å². The molecule has 5 nitrogen and oxygen atoms in total. The number of aryl methyl sites for hydroxylation is 2. The minimum Gasteiger partial charge on any atom is -0.338 e. The third-order valence-electron chi connectivity index (χ3n) is 4.82. The summed E-state index contributed by atoms with van der Waals surface area (Å²) in [6.45, 7) is 5.63. The summed E-state index contributed by atoms with van der Waals surface area (Å²) in [5.41, 5.74) is 3.03. The number of piperidine rings is 1. The Kier molecular flexibility index (Phi) is 4.82. The van der Waals surface area contributed by atoms with E-state index in [-0.39, 0.29) is 5.91 Å². The Balaban J connectivity index is 1.46. The molecule has 1 aliphatic rings. The van der Waals surface area contributed by atoms with Crippen molar-refractivity contribution in [2.24, 2.45) is 0 Å². The van der Waals surface area contributed by atoms with E-state index in [9.17, 15) is 4.79 Å². The van der Waals surface area contributed by atoms with Gasteiger partial charge in [-0.05, 0) is 49.8 Å². The topological polar surface area (TPSA) is 59.0 Å². The van der Waals surface area contributed by atoms with Crippen LogP contribution >= 0.6 is 22.7 Å². The Morgan fingerprint density at radius 1 is 1.23 bits per heavy atom. The van der Waals surface area contributed by atoms with E-state index in [1.54, 1.807) is 23.9 Å². The highest BCUT2D eigenvalue weighted by atomic mass is 32.1. The Morgan fingerprint density at radius 2 is 2.04 bits per heavy atom. The van der Waals surface area contributed by atoms with Crippen molar-refractivity contribution in [3.63, 3.8) is 0 Å². The first-order chi connectivity index (χ1) is 12.6. The Hall–Kier alpha value is -2.12. The van der Waals surface area contributed by atoms with Gasteiger partial charge in [-0.25, -0.2) is 15.0 Å². The number of aromatic nitrogens is 3. The van der Waals surface area contributed by atoms with Crippen LogP contribution in [-0.2, 0) is 0 Å². The lowest BCUT2D eigenvalue weighted by Gasteiger charge is -2.31. The maximum atomic E-state index is 12.7. The van der Waals surface area contributed by atoms with E-state index in [1.807, 2.05) is 36.3 Å². The van der Waals surface area contributed by atoms with Gasteiger partial charge in [0, 0.05) is 25.2 Å². The summed E-state index contributed by atoms with van der Waals surface area (Å²) in [5, 5.41) is 3.15. The normalized spacial score (nSPS) is 15.4. The van der Waals surface area contributed by atoms with Gasteiger partial charge in [-0.1, -0.05) is 0 Å². The molecule has 0 aliphatic carbocycles. The van der Waals surface area contributed by atoms with Crippen LogP contribution in [0.1, 0.15) is 44.7 Å². The monoisotopic (exact) mass is 384 g/mol. The molecule has 1 aliphatic heterocycles. The van der Waals surface area contributed by atoms with Gasteiger partial charge in [-0.15, -0.1) is 22.7 Å². The van der Waals surface area contributed by atoms with Gasteiger partial charge in [0.05, 0.1) is 26.1 Å². The van der Waals surface area contributed by atoms with Crippen LogP contribution in [0.25, 0.3) is 10.6 Å². The average molecular weight is 385 g/mol. The molecular formula is C19H20N4OS2. The van der Waals surface area contributed by atoms with Gasteiger partial charge in [0.2, 0.25) is 0 Å². The second kappa shape index (κ2) is 7.25. The first kappa shape index (κ1) is 17.3. The minimum atomic E-state index is 0.174. The molecule has 0 bridgehead atoms. The number of thiophene rings is 1. The lowest BCUT2D eigenvalue weighted by molar-refractivity contribution is 0.0717. The molecule has 0 spiro atoms. The van der Waals surface area contributed by atoms with Gasteiger partial charge < -0.3 is 4.90 Å². The molecule has 0 radical (unpaired) electrons. The molecule has 0 unspecified atom stereocenters. The van der Waals surface area contributed by atoms with Crippen LogP contribution in [0.3, 0.4) is 0 Å². The third-order valence-corrected chi connectivity index (χ3v) is 7.16. The Bertz CT molecular complexity index is 911. The number of carbonyl (C=O) groups excluding carboxylic acids is 1. The highest BCUT2D eigenvalue weighted by Crippen LogP contribution is 2.36. The molecule has 3 aromatic rings. The van der Waals surface area contributed by atoms with Gasteiger partial charge in [-0.2, -0.15) is 0 Å². The molecule has 3 aromatic heterocycles. The first-order valence-electron chi connectivity index (χ1n) is 8.70. The quantitative estimate of drug-likeness (QED) is 0.676. The zero-order valence-corrected chi connectivity index (χ0v) is 16.4. The molecule has 134 valence electrons. The fourth-order valence-electron chi connectivity index (χ4n) is 3.32. The summed E-state index contributed by atoms with van der Waals surface area (Å²) >= 11 is 3.26. The van der Waals surface area contributed by atoms with Crippen molar-refractivity contribution >= 4 is 28.6 Å². The van der Waals surface area contributed by atoms with Gasteiger partial charge >= 0.3 is 0 Å². The van der Waals surface area contributed by atoms with Gasteiger partial charge in [0.15, 0.2) is 0 Å². The lowest BCUT2D eigenvalue weighted by Crippen LogP contribution is -2.37. The van der Waals surface area contributed by atoms with Gasteiger partial charge in [0.1, 0.15) is 6.33 Å². The van der Waals surface area contributed by atoms with Gasteiger partial charge in [-0.3, -0.25) is 4.79 Å². The molecule has 1 fully saturated rings. The molecule has 0 saturated carbocycles. The van der Waals surface area contributed by atoms with Crippen molar-refractivity contribution in [2.75, 3.05) is 13.1 Å². The number of hydrogen-bond donors (Lipinski definition) is 0. The molecule has 4 rings (SSSR count). The molecule has 0 aromatic carbocycles. The molecular weight excluding hydrogens is 364 g/mol. The van der Waals surface area contributed by atoms with E-state index >= 15 is 0 Å². The highest BCUT2D eigenvalue weighted by Gasteiger charge is 2.28. The van der Waals surface area contributed by atoms with E-state index < -0.39 is 0 Å². The van der Waals surface area contributed by atoms with Crippen molar-refractivity contribution in [1.29, 1.82) is 0 Å². The molecule has 1 amide bonds.